The Hall–Kier alpha value is 0.100. The summed E-state index contributed by atoms with van der Waals surface area (Å²) in [6, 6.07) is 0. The lowest BCUT2D eigenvalue weighted by Gasteiger charge is -2.23. The Kier molecular flexibility index (Phi) is 5.00. The molecular formula is C13H25O5PS. The minimum absolute atomic E-state index is 0.192. The van der Waals surface area contributed by atoms with Crippen LogP contribution in [0.5, 0.6) is 0 Å². The van der Waals surface area contributed by atoms with Crippen LogP contribution in [-0.4, -0.2) is 31.9 Å². The molecule has 118 valence electrons. The van der Waals surface area contributed by atoms with Crippen molar-refractivity contribution < 1.29 is 22.0 Å². The fourth-order valence-corrected chi connectivity index (χ4v) is 6.55. The Bertz CT molecular complexity index is 479. The zero-order valence-electron chi connectivity index (χ0n) is 12.4. The standard InChI is InChI=1S/C13H25O5PS/c1-10(2)20(15,16)9-19(14,17-8-12-4-5-12)18-11(3)13-6-7-13/h10-13H,4-9H2,1-3H3. The first-order valence-electron chi connectivity index (χ1n) is 7.35. The first kappa shape index (κ1) is 16.5. The Labute approximate surface area is 121 Å². The van der Waals surface area contributed by atoms with E-state index in [-0.39, 0.29) is 6.10 Å². The third-order valence-corrected chi connectivity index (χ3v) is 9.21. The number of sulfone groups is 1. The zero-order valence-corrected chi connectivity index (χ0v) is 14.2. The van der Waals surface area contributed by atoms with E-state index in [0.29, 0.717) is 18.4 Å². The van der Waals surface area contributed by atoms with E-state index in [9.17, 15) is 13.0 Å². The van der Waals surface area contributed by atoms with Gasteiger partial charge in [-0.1, -0.05) is 0 Å². The van der Waals surface area contributed by atoms with Gasteiger partial charge in [0.15, 0.2) is 15.3 Å². The van der Waals surface area contributed by atoms with Crippen molar-refractivity contribution in [1.29, 1.82) is 0 Å². The van der Waals surface area contributed by atoms with Crippen LogP contribution >= 0.6 is 7.60 Å². The molecule has 0 amide bonds. The molecule has 2 aliphatic rings. The van der Waals surface area contributed by atoms with E-state index < -0.39 is 28.2 Å². The fraction of sp³-hybridized carbons (Fsp3) is 1.00. The molecular weight excluding hydrogens is 299 g/mol. The minimum atomic E-state index is -3.57. The summed E-state index contributed by atoms with van der Waals surface area (Å²) in [6.45, 7) is 5.38. The lowest BCUT2D eigenvalue weighted by atomic mass is 10.3. The molecule has 0 saturated heterocycles. The molecule has 0 aliphatic heterocycles. The molecule has 0 aromatic carbocycles. The Morgan fingerprint density at radius 2 is 1.75 bits per heavy atom. The lowest BCUT2D eigenvalue weighted by Crippen LogP contribution is -2.22. The molecule has 0 bridgehead atoms. The monoisotopic (exact) mass is 324 g/mol. The molecule has 2 saturated carbocycles. The van der Waals surface area contributed by atoms with Gasteiger partial charge in [-0.15, -0.1) is 0 Å². The van der Waals surface area contributed by atoms with E-state index in [2.05, 4.69) is 0 Å². The van der Waals surface area contributed by atoms with Crippen LogP contribution in [0.1, 0.15) is 46.5 Å². The molecule has 2 atom stereocenters. The molecule has 0 aromatic rings. The van der Waals surface area contributed by atoms with E-state index >= 15 is 0 Å². The molecule has 7 heteroatoms. The van der Waals surface area contributed by atoms with Gasteiger partial charge < -0.3 is 9.05 Å². The van der Waals surface area contributed by atoms with E-state index in [0.717, 1.165) is 25.7 Å². The fourth-order valence-electron chi connectivity index (χ4n) is 1.88. The molecule has 5 nitrogen and oxygen atoms in total. The molecule has 0 N–H and O–H groups in total. The largest absolute Gasteiger partial charge is 0.345 e. The maximum Gasteiger partial charge on any atom is 0.345 e. The van der Waals surface area contributed by atoms with Crippen molar-refractivity contribution in [3.05, 3.63) is 0 Å². The van der Waals surface area contributed by atoms with E-state index in [1.807, 2.05) is 6.92 Å². The van der Waals surface area contributed by atoms with E-state index in [1.165, 1.54) is 0 Å². The summed E-state index contributed by atoms with van der Waals surface area (Å²) >= 11 is 0. The van der Waals surface area contributed by atoms with Crippen molar-refractivity contribution in [2.24, 2.45) is 11.8 Å². The van der Waals surface area contributed by atoms with Crippen LogP contribution in [0, 0.1) is 11.8 Å². The number of hydrogen-bond donors (Lipinski definition) is 0. The van der Waals surface area contributed by atoms with Gasteiger partial charge in [-0.2, -0.15) is 0 Å². The molecule has 2 fully saturated rings. The van der Waals surface area contributed by atoms with Gasteiger partial charge in [0.05, 0.1) is 18.0 Å². The number of rotatable bonds is 9. The molecule has 20 heavy (non-hydrogen) atoms. The van der Waals surface area contributed by atoms with Gasteiger partial charge in [-0.3, -0.25) is 4.57 Å². The predicted octanol–water partition coefficient (Wildman–Crippen LogP) is 3.20. The third-order valence-electron chi connectivity index (χ3n) is 3.87. The molecule has 2 rings (SSSR count). The third kappa shape index (κ3) is 4.83. The van der Waals surface area contributed by atoms with Crippen LogP contribution in [0.25, 0.3) is 0 Å². The van der Waals surface area contributed by atoms with Crippen molar-refractivity contribution in [3.63, 3.8) is 0 Å². The average Bonchev–Trinajstić information content (AvgIpc) is 3.16. The maximum atomic E-state index is 12.8. The Morgan fingerprint density at radius 1 is 1.15 bits per heavy atom. The van der Waals surface area contributed by atoms with Crippen LogP contribution in [0.3, 0.4) is 0 Å². The predicted molar refractivity (Wildman–Crippen MR) is 78.5 cm³/mol. The first-order valence-corrected chi connectivity index (χ1v) is 10.8. The zero-order chi connectivity index (χ0) is 15.0. The topological polar surface area (TPSA) is 69.7 Å². The van der Waals surface area contributed by atoms with E-state index in [1.54, 1.807) is 13.8 Å². The van der Waals surface area contributed by atoms with Crippen molar-refractivity contribution in [2.45, 2.75) is 57.8 Å². The van der Waals surface area contributed by atoms with Crippen molar-refractivity contribution in [3.8, 4) is 0 Å². The van der Waals surface area contributed by atoms with Gasteiger partial charge in [-0.25, -0.2) is 8.42 Å². The molecule has 2 unspecified atom stereocenters. The molecule has 0 heterocycles. The van der Waals surface area contributed by atoms with Gasteiger partial charge >= 0.3 is 7.60 Å². The van der Waals surface area contributed by atoms with Crippen LogP contribution < -0.4 is 0 Å². The highest BCUT2D eigenvalue weighted by atomic mass is 32.2. The van der Waals surface area contributed by atoms with Gasteiger partial charge in [-0.05, 0) is 58.3 Å². The summed E-state index contributed by atoms with van der Waals surface area (Å²) in [4.78, 5) is 0. The first-order chi connectivity index (χ1) is 9.22. The van der Waals surface area contributed by atoms with Crippen LogP contribution in [0.15, 0.2) is 0 Å². The Morgan fingerprint density at radius 3 is 2.20 bits per heavy atom. The lowest BCUT2D eigenvalue weighted by molar-refractivity contribution is 0.142. The summed E-state index contributed by atoms with van der Waals surface area (Å²) in [5.41, 5.74) is -0.499. The second-order valence-corrected chi connectivity index (χ2v) is 11.3. The normalized spacial score (nSPS) is 24.6. The second kappa shape index (κ2) is 6.07. The molecule has 0 radical (unpaired) electrons. The SMILES string of the molecule is CC(OP(=O)(CS(=O)(=O)C(C)C)OCC1CC1)C1CC1. The van der Waals surface area contributed by atoms with Gasteiger partial charge in [0, 0.05) is 0 Å². The van der Waals surface area contributed by atoms with Gasteiger partial charge in [0.2, 0.25) is 0 Å². The van der Waals surface area contributed by atoms with Crippen LogP contribution in [-0.2, 0) is 23.4 Å². The highest BCUT2D eigenvalue weighted by Gasteiger charge is 2.40. The van der Waals surface area contributed by atoms with Crippen molar-refractivity contribution in [1.82, 2.24) is 0 Å². The molecule has 0 aromatic heterocycles. The average molecular weight is 324 g/mol. The van der Waals surface area contributed by atoms with Gasteiger partial charge in [0.25, 0.3) is 0 Å². The minimum Gasteiger partial charge on any atom is -0.308 e. The van der Waals surface area contributed by atoms with Gasteiger partial charge in [0.1, 0.15) is 0 Å². The summed E-state index contributed by atoms with van der Waals surface area (Å²) in [7, 11) is -7.01. The quantitative estimate of drug-likeness (QED) is 0.609. The van der Waals surface area contributed by atoms with E-state index in [4.69, 9.17) is 9.05 Å². The number of hydrogen-bond acceptors (Lipinski definition) is 5. The van der Waals surface area contributed by atoms with Crippen molar-refractivity contribution in [2.75, 3.05) is 12.1 Å². The van der Waals surface area contributed by atoms with Crippen molar-refractivity contribution >= 4 is 17.4 Å². The second-order valence-electron chi connectivity index (χ2n) is 6.34. The summed E-state index contributed by atoms with van der Waals surface area (Å²) in [6.07, 6.45) is 4.05. The van der Waals surface area contributed by atoms with Crippen LogP contribution in [0.2, 0.25) is 0 Å². The Balaban J connectivity index is 2.02. The summed E-state index contributed by atoms with van der Waals surface area (Å²) < 4.78 is 47.9. The summed E-state index contributed by atoms with van der Waals surface area (Å²) in [5.74, 6) is 0.819. The summed E-state index contributed by atoms with van der Waals surface area (Å²) in [5, 5.41) is -0.569. The smallest absolute Gasteiger partial charge is 0.308 e. The highest BCUT2D eigenvalue weighted by Crippen LogP contribution is 2.54. The van der Waals surface area contributed by atoms with Crippen LogP contribution in [0.4, 0.5) is 0 Å². The maximum absolute atomic E-state index is 12.8. The molecule has 2 aliphatic carbocycles. The molecule has 0 spiro atoms. The highest BCUT2D eigenvalue weighted by molar-refractivity contribution is 7.98.